The fourth-order valence-electron chi connectivity index (χ4n) is 2.37. The van der Waals surface area contributed by atoms with Gasteiger partial charge >= 0.3 is 5.97 Å². The zero-order valence-corrected chi connectivity index (χ0v) is 11.7. The lowest BCUT2D eigenvalue weighted by Crippen LogP contribution is -2.38. The van der Waals surface area contributed by atoms with Crippen molar-refractivity contribution >= 4 is 11.7 Å². The molecule has 1 aromatic carbocycles. The highest BCUT2D eigenvalue weighted by atomic mass is 16.5. The summed E-state index contributed by atoms with van der Waals surface area (Å²) in [6.07, 6.45) is 2.28. The Morgan fingerprint density at radius 1 is 1.32 bits per heavy atom. The molecule has 1 fully saturated rings. The van der Waals surface area contributed by atoms with Gasteiger partial charge in [0.2, 0.25) is 0 Å². The molecule has 4 heteroatoms. The van der Waals surface area contributed by atoms with E-state index in [0.717, 1.165) is 32.5 Å². The highest BCUT2D eigenvalue weighted by Gasteiger charge is 2.13. The number of hydrogen-bond donors (Lipinski definition) is 1. The Morgan fingerprint density at radius 2 is 2.05 bits per heavy atom. The van der Waals surface area contributed by atoms with E-state index >= 15 is 0 Å². The number of esters is 1. The molecule has 1 unspecified atom stereocenters. The molecule has 1 heterocycles. The van der Waals surface area contributed by atoms with Crippen molar-refractivity contribution in [3.63, 3.8) is 0 Å². The van der Waals surface area contributed by atoms with Gasteiger partial charge in [-0.25, -0.2) is 4.79 Å². The third-order valence-corrected chi connectivity index (χ3v) is 3.58. The van der Waals surface area contributed by atoms with Crippen LogP contribution in [0.5, 0.6) is 0 Å². The number of carbonyl (C=O) groups excluding carboxylic acids is 1. The molecule has 1 N–H and O–H groups in total. The summed E-state index contributed by atoms with van der Waals surface area (Å²) in [5, 5.41) is 3.50. The van der Waals surface area contributed by atoms with Crippen LogP contribution in [-0.4, -0.2) is 38.8 Å². The summed E-state index contributed by atoms with van der Waals surface area (Å²) < 4.78 is 4.71. The van der Waals surface area contributed by atoms with E-state index in [1.165, 1.54) is 12.8 Å². The molecule has 0 saturated carbocycles. The maximum Gasteiger partial charge on any atom is 0.337 e. The SMILES string of the molecule is COC(=O)c1ccc(N2CCCNC(C)CC2)cc1. The molecule has 0 spiro atoms. The molecule has 0 amide bonds. The van der Waals surface area contributed by atoms with Crippen LogP contribution in [0.1, 0.15) is 30.1 Å². The Hall–Kier alpha value is -1.55. The van der Waals surface area contributed by atoms with Crippen molar-refractivity contribution in [2.45, 2.75) is 25.8 Å². The van der Waals surface area contributed by atoms with E-state index in [1.807, 2.05) is 24.3 Å². The number of carbonyl (C=O) groups is 1. The van der Waals surface area contributed by atoms with Crippen LogP contribution < -0.4 is 10.2 Å². The van der Waals surface area contributed by atoms with Gasteiger partial charge in [0.15, 0.2) is 0 Å². The number of nitrogens with zero attached hydrogens (tertiary/aromatic N) is 1. The number of rotatable bonds is 2. The molecule has 1 atom stereocenters. The van der Waals surface area contributed by atoms with Crippen LogP contribution in [0.2, 0.25) is 0 Å². The van der Waals surface area contributed by atoms with Crippen LogP contribution in [0, 0.1) is 0 Å². The molecular weight excluding hydrogens is 240 g/mol. The summed E-state index contributed by atoms with van der Waals surface area (Å²) in [5.74, 6) is -0.281. The topological polar surface area (TPSA) is 41.6 Å². The maximum atomic E-state index is 11.4. The first-order chi connectivity index (χ1) is 9.20. The summed E-state index contributed by atoms with van der Waals surface area (Å²) >= 11 is 0. The van der Waals surface area contributed by atoms with Gasteiger partial charge in [-0.1, -0.05) is 0 Å². The van der Waals surface area contributed by atoms with Crippen LogP contribution in [0.25, 0.3) is 0 Å². The van der Waals surface area contributed by atoms with E-state index in [0.29, 0.717) is 11.6 Å². The van der Waals surface area contributed by atoms with E-state index in [2.05, 4.69) is 17.1 Å². The molecule has 2 rings (SSSR count). The van der Waals surface area contributed by atoms with Gasteiger partial charge in [0.05, 0.1) is 12.7 Å². The monoisotopic (exact) mass is 262 g/mol. The molecule has 0 aromatic heterocycles. The minimum atomic E-state index is -0.281. The molecule has 0 radical (unpaired) electrons. The summed E-state index contributed by atoms with van der Waals surface area (Å²) in [5.41, 5.74) is 1.79. The van der Waals surface area contributed by atoms with Gasteiger partial charge in [0.1, 0.15) is 0 Å². The number of ether oxygens (including phenoxy) is 1. The predicted molar refractivity (Wildman–Crippen MR) is 76.7 cm³/mol. The van der Waals surface area contributed by atoms with Crippen LogP contribution in [0.4, 0.5) is 5.69 Å². The summed E-state index contributed by atoms with van der Waals surface area (Å²) in [6.45, 7) is 5.39. The van der Waals surface area contributed by atoms with E-state index in [1.54, 1.807) is 0 Å². The van der Waals surface area contributed by atoms with Gasteiger partial charge in [-0.3, -0.25) is 0 Å². The zero-order valence-electron chi connectivity index (χ0n) is 11.7. The average molecular weight is 262 g/mol. The fourth-order valence-corrected chi connectivity index (χ4v) is 2.37. The second kappa shape index (κ2) is 6.57. The van der Waals surface area contributed by atoms with E-state index in [-0.39, 0.29) is 5.97 Å². The van der Waals surface area contributed by atoms with Gasteiger partial charge in [-0.05, 0) is 50.6 Å². The Morgan fingerprint density at radius 3 is 2.74 bits per heavy atom. The predicted octanol–water partition coefficient (Wildman–Crippen LogP) is 2.05. The minimum Gasteiger partial charge on any atom is -0.465 e. The van der Waals surface area contributed by atoms with E-state index in [4.69, 9.17) is 4.74 Å². The first-order valence-electron chi connectivity index (χ1n) is 6.87. The second-order valence-corrected chi connectivity index (χ2v) is 5.02. The van der Waals surface area contributed by atoms with E-state index < -0.39 is 0 Å². The van der Waals surface area contributed by atoms with Crippen molar-refractivity contribution in [1.82, 2.24) is 5.32 Å². The minimum absolute atomic E-state index is 0.281. The van der Waals surface area contributed by atoms with Gasteiger partial charge in [0.25, 0.3) is 0 Å². The number of benzene rings is 1. The normalized spacial score (nSPS) is 20.5. The smallest absolute Gasteiger partial charge is 0.337 e. The molecule has 1 aromatic rings. The zero-order chi connectivity index (χ0) is 13.7. The Bertz CT molecular complexity index is 417. The van der Waals surface area contributed by atoms with Crippen molar-refractivity contribution < 1.29 is 9.53 Å². The van der Waals surface area contributed by atoms with Crippen molar-refractivity contribution in [2.75, 3.05) is 31.6 Å². The largest absolute Gasteiger partial charge is 0.465 e. The summed E-state index contributed by atoms with van der Waals surface area (Å²) in [7, 11) is 1.41. The van der Waals surface area contributed by atoms with Crippen molar-refractivity contribution in [3.8, 4) is 0 Å². The van der Waals surface area contributed by atoms with Crippen molar-refractivity contribution in [2.24, 2.45) is 0 Å². The van der Waals surface area contributed by atoms with E-state index in [9.17, 15) is 4.79 Å². The fraction of sp³-hybridized carbons (Fsp3) is 0.533. The molecule has 0 bridgehead atoms. The Labute approximate surface area is 114 Å². The third kappa shape index (κ3) is 3.70. The number of anilines is 1. The summed E-state index contributed by atoms with van der Waals surface area (Å²) in [6, 6.07) is 8.25. The van der Waals surface area contributed by atoms with Crippen molar-refractivity contribution in [1.29, 1.82) is 0 Å². The Kier molecular flexibility index (Phi) is 4.80. The van der Waals surface area contributed by atoms with Gasteiger partial charge in [0, 0.05) is 24.8 Å². The standard InChI is InChI=1S/C15H22N2O2/c1-12-8-11-17(10-3-9-16-12)14-6-4-13(5-7-14)15(18)19-2/h4-7,12,16H,3,8-11H2,1-2H3. The maximum absolute atomic E-state index is 11.4. The average Bonchev–Trinajstić information content (AvgIpc) is 2.43. The first-order valence-corrected chi connectivity index (χ1v) is 6.87. The molecule has 1 saturated heterocycles. The summed E-state index contributed by atoms with van der Waals surface area (Å²) in [4.78, 5) is 13.8. The van der Waals surface area contributed by atoms with Crippen LogP contribution in [0.15, 0.2) is 24.3 Å². The van der Waals surface area contributed by atoms with Crippen LogP contribution in [-0.2, 0) is 4.74 Å². The number of hydrogen-bond acceptors (Lipinski definition) is 4. The second-order valence-electron chi connectivity index (χ2n) is 5.02. The molecule has 19 heavy (non-hydrogen) atoms. The number of methoxy groups -OCH3 is 1. The Balaban J connectivity index is 2.05. The lowest BCUT2D eigenvalue weighted by molar-refractivity contribution is 0.0601. The lowest BCUT2D eigenvalue weighted by atomic mass is 10.1. The van der Waals surface area contributed by atoms with Crippen LogP contribution >= 0.6 is 0 Å². The van der Waals surface area contributed by atoms with Gasteiger partial charge in [-0.15, -0.1) is 0 Å². The molecule has 1 aliphatic rings. The molecule has 4 nitrogen and oxygen atoms in total. The first kappa shape index (κ1) is 13.9. The quantitative estimate of drug-likeness (QED) is 0.828. The lowest BCUT2D eigenvalue weighted by Gasteiger charge is -2.29. The highest BCUT2D eigenvalue weighted by Crippen LogP contribution is 2.18. The molecular formula is C15H22N2O2. The molecule has 104 valence electrons. The molecule has 1 aliphatic heterocycles. The molecule has 0 aliphatic carbocycles. The van der Waals surface area contributed by atoms with Gasteiger partial charge < -0.3 is 15.0 Å². The highest BCUT2D eigenvalue weighted by molar-refractivity contribution is 5.89. The van der Waals surface area contributed by atoms with Gasteiger partial charge in [-0.2, -0.15) is 0 Å². The third-order valence-electron chi connectivity index (χ3n) is 3.58. The van der Waals surface area contributed by atoms with Crippen LogP contribution in [0.3, 0.4) is 0 Å². The van der Waals surface area contributed by atoms with Crippen molar-refractivity contribution in [3.05, 3.63) is 29.8 Å². The number of nitrogens with one attached hydrogen (secondary N) is 1.